The fourth-order valence-corrected chi connectivity index (χ4v) is 4.20. The zero-order valence-electron chi connectivity index (χ0n) is 11.8. The van der Waals surface area contributed by atoms with Crippen molar-refractivity contribution in [2.24, 2.45) is 0 Å². The van der Waals surface area contributed by atoms with Gasteiger partial charge in [-0.15, -0.1) is 0 Å². The Morgan fingerprint density at radius 2 is 2.35 bits per heavy atom. The zero-order valence-corrected chi connectivity index (χ0v) is 13.4. The van der Waals surface area contributed by atoms with E-state index in [-0.39, 0.29) is 23.7 Å². The molecule has 6 heteroatoms. The summed E-state index contributed by atoms with van der Waals surface area (Å²) >= 11 is 1.65. The van der Waals surface area contributed by atoms with Gasteiger partial charge in [0, 0.05) is 28.9 Å². The number of hydrogen-bond acceptors (Lipinski definition) is 4. The maximum Gasteiger partial charge on any atom is 0.244 e. The van der Waals surface area contributed by atoms with Crippen molar-refractivity contribution in [3.8, 4) is 0 Å². The maximum absolute atomic E-state index is 12.7. The Hall–Kier alpha value is -0.720. The van der Waals surface area contributed by atoms with Crippen LogP contribution in [0.2, 0.25) is 0 Å². The molecule has 1 aromatic rings. The molecule has 3 rings (SSSR count). The quantitative estimate of drug-likeness (QED) is 0.903. The van der Waals surface area contributed by atoms with Crippen LogP contribution in [0.5, 0.6) is 0 Å². The lowest BCUT2D eigenvalue weighted by atomic mass is 10.1. The number of nitrogens with zero attached hydrogens (tertiary/aromatic N) is 1. The molecule has 1 aliphatic heterocycles. The van der Waals surface area contributed by atoms with Gasteiger partial charge in [0.2, 0.25) is 5.91 Å². The summed E-state index contributed by atoms with van der Waals surface area (Å²) in [5, 5.41) is 7.67. The fraction of sp³-hybridized carbons (Fsp3) is 0.643. The van der Waals surface area contributed by atoms with E-state index in [1.165, 1.54) is 0 Å². The van der Waals surface area contributed by atoms with Crippen LogP contribution < -0.4 is 5.32 Å². The first-order chi connectivity index (χ1) is 9.53. The third-order valence-corrected chi connectivity index (χ3v) is 5.75. The van der Waals surface area contributed by atoms with Crippen molar-refractivity contribution < 1.29 is 9.00 Å². The second kappa shape index (κ2) is 5.24. The maximum atomic E-state index is 12.7. The zero-order chi connectivity index (χ0) is 14.3. The minimum Gasteiger partial charge on any atom is -0.319 e. The van der Waals surface area contributed by atoms with E-state index in [2.05, 4.69) is 23.7 Å². The lowest BCUT2D eigenvalue weighted by molar-refractivity contribution is -0.132. The largest absolute Gasteiger partial charge is 0.319 e. The Kier molecular flexibility index (Phi) is 3.73. The Morgan fingerprint density at radius 3 is 2.90 bits per heavy atom. The Morgan fingerprint density at radius 1 is 1.60 bits per heavy atom. The van der Waals surface area contributed by atoms with Gasteiger partial charge in [-0.1, -0.05) is 0 Å². The molecule has 1 aliphatic carbocycles. The first kappa shape index (κ1) is 14.2. The molecule has 0 aromatic carbocycles. The highest BCUT2D eigenvalue weighted by atomic mass is 32.2. The van der Waals surface area contributed by atoms with Crippen molar-refractivity contribution in [2.45, 2.75) is 43.9 Å². The number of thiophene rings is 1. The Balaban J connectivity index is 1.81. The monoisotopic (exact) mass is 312 g/mol. The molecule has 2 heterocycles. The van der Waals surface area contributed by atoms with Crippen LogP contribution in [-0.4, -0.2) is 38.6 Å². The van der Waals surface area contributed by atoms with E-state index < -0.39 is 10.8 Å². The van der Waals surface area contributed by atoms with Gasteiger partial charge < -0.3 is 4.90 Å². The van der Waals surface area contributed by atoms with Gasteiger partial charge in [-0.3, -0.25) is 14.3 Å². The summed E-state index contributed by atoms with van der Waals surface area (Å²) in [6.45, 7) is 2.06. The van der Waals surface area contributed by atoms with E-state index >= 15 is 0 Å². The van der Waals surface area contributed by atoms with Crippen LogP contribution in [0.15, 0.2) is 16.8 Å². The number of amides is 1. The molecule has 0 bridgehead atoms. The molecule has 1 saturated carbocycles. The molecule has 3 atom stereocenters. The van der Waals surface area contributed by atoms with Crippen LogP contribution in [0.4, 0.5) is 0 Å². The SMILES string of the molecule is CC(CCS(C)=O)N1C(=O)C2(CC2)NC1c1ccsc1. The van der Waals surface area contributed by atoms with E-state index in [1.807, 2.05) is 10.3 Å². The Labute approximate surface area is 126 Å². The standard InChI is InChI=1S/C14H20N2O2S2/c1-10(4-8-20(2)18)16-12(11-3-7-19-9-11)15-14(5-6-14)13(16)17/h3,7,9-10,12,15H,4-6,8H2,1-2H3. The van der Waals surface area contributed by atoms with Crippen molar-refractivity contribution in [1.82, 2.24) is 10.2 Å². The van der Waals surface area contributed by atoms with Crippen LogP contribution in [0, 0.1) is 0 Å². The van der Waals surface area contributed by atoms with Crippen molar-refractivity contribution in [3.63, 3.8) is 0 Å². The highest BCUT2D eigenvalue weighted by molar-refractivity contribution is 7.84. The molecule has 1 N–H and O–H groups in total. The van der Waals surface area contributed by atoms with E-state index in [0.717, 1.165) is 24.8 Å². The second-order valence-corrected chi connectivity index (χ2v) is 8.15. The van der Waals surface area contributed by atoms with Gasteiger partial charge in [-0.05, 0) is 48.6 Å². The summed E-state index contributed by atoms with van der Waals surface area (Å²) in [5.41, 5.74) is 0.864. The summed E-state index contributed by atoms with van der Waals surface area (Å²) in [6, 6.07) is 2.19. The fourth-order valence-electron chi connectivity index (χ4n) is 2.85. The summed E-state index contributed by atoms with van der Waals surface area (Å²) < 4.78 is 11.3. The topological polar surface area (TPSA) is 49.4 Å². The van der Waals surface area contributed by atoms with Crippen molar-refractivity contribution in [3.05, 3.63) is 22.4 Å². The molecule has 0 radical (unpaired) electrons. The highest BCUT2D eigenvalue weighted by Gasteiger charge is 2.60. The molecule has 1 saturated heterocycles. The van der Waals surface area contributed by atoms with Crippen LogP contribution in [0.3, 0.4) is 0 Å². The molecule has 1 amide bonds. The lowest BCUT2D eigenvalue weighted by Gasteiger charge is -2.30. The van der Waals surface area contributed by atoms with Crippen molar-refractivity contribution >= 4 is 28.0 Å². The number of nitrogens with one attached hydrogen (secondary N) is 1. The van der Waals surface area contributed by atoms with E-state index in [0.29, 0.717) is 5.75 Å². The summed E-state index contributed by atoms with van der Waals surface area (Å²) in [6.07, 6.45) is 4.37. The number of rotatable bonds is 5. The van der Waals surface area contributed by atoms with Crippen molar-refractivity contribution in [1.29, 1.82) is 0 Å². The number of carbonyl (C=O) groups excluding carboxylic acids is 1. The van der Waals surface area contributed by atoms with Gasteiger partial charge in [-0.25, -0.2) is 0 Å². The second-order valence-electron chi connectivity index (χ2n) is 5.81. The minimum absolute atomic E-state index is 0.0171. The third kappa shape index (κ3) is 2.44. The van der Waals surface area contributed by atoms with Gasteiger partial charge in [0.25, 0.3) is 0 Å². The average molecular weight is 312 g/mol. The van der Waals surface area contributed by atoms with Gasteiger partial charge in [0.1, 0.15) is 11.7 Å². The molecular weight excluding hydrogens is 292 g/mol. The predicted octanol–water partition coefficient (Wildman–Crippen LogP) is 1.87. The Bertz CT molecular complexity index is 525. The molecule has 2 aliphatic rings. The molecule has 1 aromatic heterocycles. The molecule has 110 valence electrons. The van der Waals surface area contributed by atoms with Gasteiger partial charge in [-0.2, -0.15) is 11.3 Å². The normalized spacial score (nSPS) is 27.0. The molecule has 4 nitrogen and oxygen atoms in total. The third-order valence-electron chi connectivity index (χ3n) is 4.24. The van der Waals surface area contributed by atoms with Gasteiger partial charge >= 0.3 is 0 Å². The van der Waals surface area contributed by atoms with Crippen LogP contribution in [0.25, 0.3) is 0 Å². The lowest BCUT2D eigenvalue weighted by Crippen LogP contribution is -2.39. The molecule has 3 unspecified atom stereocenters. The average Bonchev–Trinajstić information content (AvgIpc) is 2.87. The highest BCUT2D eigenvalue weighted by Crippen LogP contribution is 2.47. The molecule has 2 fully saturated rings. The minimum atomic E-state index is -0.805. The molecule has 20 heavy (non-hydrogen) atoms. The van der Waals surface area contributed by atoms with E-state index in [1.54, 1.807) is 17.6 Å². The van der Waals surface area contributed by atoms with Crippen LogP contribution >= 0.6 is 11.3 Å². The van der Waals surface area contributed by atoms with E-state index in [4.69, 9.17) is 0 Å². The van der Waals surface area contributed by atoms with E-state index in [9.17, 15) is 9.00 Å². The van der Waals surface area contributed by atoms with Crippen LogP contribution in [0.1, 0.15) is 37.9 Å². The van der Waals surface area contributed by atoms with Gasteiger partial charge in [0.05, 0.1) is 0 Å². The summed E-state index contributed by atoms with van der Waals surface area (Å²) in [5.74, 6) is 0.872. The van der Waals surface area contributed by atoms with Crippen LogP contribution in [-0.2, 0) is 15.6 Å². The number of carbonyl (C=O) groups is 1. The molecule has 1 spiro atoms. The summed E-state index contributed by atoms with van der Waals surface area (Å²) in [7, 11) is -0.805. The first-order valence-electron chi connectivity index (χ1n) is 6.96. The predicted molar refractivity (Wildman–Crippen MR) is 82.0 cm³/mol. The molecular formula is C14H20N2O2S2. The first-order valence-corrected chi connectivity index (χ1v) is 9.63. The van der Waals surface area contributed by atoms with Crippen molar-refractivity contribution in [2.75, 3.05) is 12.0 Å². The summed E-state index contributed by atoms with van der Waals surface area (Å²) in [4.78, 5) is 14.6. The number of hydrogen-bond donors (Lipinski definition) is 1. The van der Waals surface area contributed by atoms with Gasteiger partial charge in [0.15, 0.2) is 0 Å². The smallest absolute Gasteiger partial charge is 0.244 e.